The van der Waals surface area contributed by atoms with Gasteiger partial charge in [-0.25, -0.2) is 0 Å². The van der Waals surface area contributed by atoms with E-state index in [0.717, 1.165) is 0 Å². The second-order valence-corrected chi connectivity index (χ2v) is 4.58. The van der Waals surface area contributed by atoms with E-state index in [0.29, 0.717) is 11.9 Å². The molecule has 1 aromatic carbocycles. The van der Waals surface area contributed by atoms with Crippen molar-refractivity contribution in [2.75, 3.05) is 5.32 Å². The molecule has 2 heteroatoms. The quantitative estimate of drug-likeness (QED) is 0.759. The average Bonchev–Trinajstić information content (AvgIpc) is 2.31. The average molecular weight is 224 g/mol. The van der Waals surface area contributed by atoms with Crippen LogP contribution in [0.2, 0.25) is 0 Å². The standard InChI is InChI=1S/C13H18ClN/c14-10-11-6-8-13(9-7-11)15-12-4-2-1-3-5-12/h6-9,12,15H,1-5,10H2. The first-order valence-corrected chi connectivity index (χ1v) is 6.33. The molecule has 1 nitrogen and oxygen atoms in total. The van der Waals surface area contributed by atoms with E-state index in [1.807, 2.05) is 0 Å². The molecule has 0 unspecified atom stereocenters. The summed E-state index contributed by atoms with van der Waals surface area (Å²) in [5.41, 5.74) is 2.42. The molecule has 0 aliphatic heterocycles. The molecule has 1 aromatic rings. The summed E-state index contributed by atoms with van der Waals surface area (Å²) in [5.74, 6) is 0.601. The van der Waals surface area contributed by atoms with Gasteiger partial charge in [0, 0.05) is 17.6 Å². The van der Waals surface area contributed by atoms with Gasteiger partial charge in [0.25, 0.3) is 0 Å². The van der Waals surface area contributed by atoms with Gasteiger partial charge >= 0.3 is 0 Å². The second kappa shape index (κ2) is 5.41. The molecule has 0 aromatic heterocycles. The lowest BCUT2D eigenvalue weighted by Crippen LogP contribution is -2.22. The Kier molecular flexibility index (Phi) is 3.90. The Hall–Kier alpha value is -0.690. The predicted molar refractivity (Wildman–Crippen MR) is 66.5 cm³/mol. The zero-order valence-corrected chi connectivity index (χ0v) is 9.76. The number of benzene rings is 1. The Morgan fingerprint density at radius 2 is 1.73 bits per heavy atom. The highest BCUT2D eigenvalue weighted by Gasteiger charge is 2.12. The molecule has 1 aliphatic carbocycles. The van der Waals surface area contributed by atoms with Crippen molar-refractivity contribution in [1.29, 1.82) is 0 Å². The molecule has 15 heavy (non-hydrogen) atoms. The number of alkyl halides is 1. The van der Waals surface area contributed by atoms with E-state index in [1.165, 1.54) is 43.4 Å². The maximum atomic E-state index is 5.75. The minimum atomic E-state index is 0.601. The van der Waals surface area contributed by atoms with E-state index in [-0.39, 0.29) is 0 Å². The smallest absolute Gasteiger partial charge is 0.0474 e. The van der Waals surface area contributed by atoms with Crippen molar-refractivity contribution in [1.82, 2.24) is 0 Å². The summed E-state index contributed by atoms with van der Waals surface area (Å²) in [5, 5.41) is 3.59. The minimum absolute atomic E-state index is 0.601. The molecule has 0 atom stereocenters. The SMILES string of the molecule is ClCc1ccc(NC2CCCCC2)cc1. The van der Waals surface area contributed by atoms with Gasteiger partial charge in [0.05, 0.1) is 0 Å². The van der Waals surface area contributed by atoms with Gasteiger partial charge in [-0.1, -0.05) is 31.4 Å². The van der Waals surface area contributed by atoms with Crippen LogP contribution in [-0.4, -0.2) is 6.04 Å². The van der Waals surface area contributed by atoms with Gasteiger partial charge in [-0.15, -0.1) is 11.6 Å². The molecule has 0 amide bonds. The molecule has 0 bridgehead atoms. The fourth-order valence-electron chi connectivity index (χ4n) is 2.17. The molecule has 0 spiro atoms. The highest BCUT2D eigenvalue weighted by atomic mass is 35.5. The van der Waals surface area contributed by atoms with Crippen LogP contribution in [0.3, 0.4) is 0 Å². The number of hydrogen-bond donors (Lipinski definition) is 1. The lowest BCUT2D eigenvalue weighted by Gasteiger charge is -2.23. The van der Waals surface area contributed by atoms with Gasteiger partial charge in [0.1, 0.15) is 0 Å². The van der Waals surface area contributed by atoms with Crippen LogP contribution < -0.4 is 5.32 Å². The molecular weight excluding hydrogens is 206 g/mol. The molecule has 0 heterocycles. The van der Waals surface area contributed by atoms with E-state index >= 15 is 0 Å². The zero-order valence-electron chi connectivity index (χ0n) is 9.01. The maximum Gasteiger partial charge on any atom is 0.0474 e. The highest BCUT2D eigenvalue weighted by Crippen LogP contribution is 2.21. The van der Waals surface area contributed by atoms with E-state index in [9.17, 15) is 0 Å². The van der Waals surface area contributed by atoms with Crippen LogP contribution in [0.5, 0.6) is 0 Å². The molecule has 1 aliphatic rings. The fraction of sp³-hybridized carbons (Fsp3) is 0.538. The summed E-state index contributed by atoms with van der Waals surface area (Å²) >= 11 is 5.75. The van der Waals surface area contributed by atoms with E-state index < -0.39 is 0 Å². The van der Waals surface area contributed by atoms with Crippen molar-refractivity contribution in [3.63, 3.8) is 0 Å². The predicted octanol–water partition coefficient (Wildman–Crippen LogP) is 4.17. The summed E-state index contributed by atoms with van der Waals surface area (Å²) in [4.78, 5) is 0. The number of anilines is 1. The third-order valence-electron chi connectivity index (χ3n) is 3.08. The normalized spacial score (nSPS) is 17.7. The van der Waals surface area contributed by atoms with Gasteiger partial charge in [0.2, 0.25) is 0 Å². The molecular formula is C13H18ClN. The second-order valence-electron chi connectivity index (χ2n) is 4.31. The van der Waals surface area contributed by atoms with Crippen molar-refractivity contribution in [2.24, 2.45) is 0 Å². The first-order valence-electron chi connectivity index (χ1n) is 5.80. The monoisotopic (exact) mass is 223 g/mol. The molecule has 0 radical (unpaired) electrons. The van der Waals surface area contributed by atoms with Crippen LogP contribution in [0.25, 0.3) is 0 Å². The number of nitrogens with one attached hydrogen (secondary N) is 1. The van der Waals surface area contributed by atoms with E-state index in [2.05, 4.69) is 29.6 Å². The fourth-order valence-corrected chi connectivity index (χ4v) is 2.35. The summed E-state index contributed by atoms with van der Waals surface area (Å²) in [6.45, 7) is 0. The largest absolute Gasteiger partial charge is 0.382 e. The van der Waals surface area contributed by atoms with Crippen molar-refractivity contribution < 1.29 is 0 Å². The van der Waals surface area contributed by atoms with Crippen LogP contribution >= 0.6 is 11.6 Å². The van der Waals surface area contributed by atoms with Gasteiger partial charge in [-0.2, -0.15) is 0 Å². The van der Waals surface area contributed by atoms with Gasteiger partial charge < -0.3 is 5.32 Å². The lowest BCUT2D eigenvalue weighted by atomic mass is 9.95. The Labute approximate surface area is 96.8 Å². The summed E-state index contributed by atoms with van der Waals surface area (Å²) in [6.07, 6.45) is 6.78. The first kappa shape index (κ1) is 10.8. The number of hydrogen-bond acceptors (Lipinski definition) is 1. The maximum absolute atomic E-state index is 5.75. The van der Waals surface area contributed by atoms with Crippen LogP contribution in [0.15, 0.2) is 24.3 Å². The number of halogens is 1. The molecule has 2 rings (SSSR count). The third kappa shape index (κ3) is 3.13. The Morgan fingerprint density at radius 1 is 1.07 bits per heavy atom. The van der Waals surface area contributed by atoms with E-state index in [1.54, 1.807) is 0 Å². The van der Waals surface area contributed by atoms with Crippen molar-refractivity contribution in [3.8, 4) is 0 Å². The van der Waals surface area contributed by atoms with Crippen LogP contribution in [0.1, 0.15) is 37.7 Å². The van der Waals surface area contributed by atoms with Crippen LogP contribution in [-0.2, 0) is 5.88 Å². The molecule has 82 valence electrons. The Bertz CT molecular complexity index is 288. The molecule has 1 N–H and O–H groups in total. The summed E-state index contributed by atoms with van der Waals surface area (Å²) < 4.78 is 0. The zero-order chi connectivity index (χ0) is 10.5. The van der Waals surface area contributed by atoms with E-state index in [4.69, 9.17) is 11.6 Å². The molecule has 1 fully saturated rings. The minimum Gasteiger partial charge on any atom is -0.382 e. The first-order chi connectivity index (χ1) is 7.38. The summed E-state index contributed by atoms with van der Waals surface area (Å²) in [7, 11) is 0. The Balaban J connectivity index is 1.91. The third-order valence-corrected chi connectivity index (χ3v) is 3.39. The molecule has 0 saturated heterocycles. The Morgan fingerprint density at radius 3 is 2.33 bits per heavy atom. The van der Waals surface area contributed by atoms with Gasteiger partial charge in [-0.3, -0.25) is 0 Å². The number of rotatable bonds is 3. The van der Waals surface area contributed by atoms with Crippen LogP contribution in [0, 0.1) is 0 Å². The topological polar surface area (TPSA) is 12.0 Å². The van der Waals surface area contributed by atoms with Crippen molar-refractivity contribution >= 4 is 17.3 Å². The van der Waals surface area contributed by atoms with Crippen molar-refractivity contribution in [2.45, 2.75) is 44.0 Å². The summed E-state index contributed by atoms with van der Waals surface area (Å²) in [6, 6.07) is 9.13. The van der Waals surface area contributed by atoms with Crippen LogP contribution in [0.4, 0.5) is 5.69 Å². The van der Waals surface area contributed by atoms with Gasteiger partial charge in [0.15, 0.2) is 0 Å². The lowest BCUT2D eigenvalue weighted by molar-refractivity contribution is 0.463. The van der Waals surface area contributed by atoms with Crippen molar-refractivity contribution in [3.05, 3.63) is 29.8 Å². The highest BCUT2D eigenvalue weighted by molar-refractivity contribution is 6.17. The van der Waals surface area contributed by atoms with Gasteiger partial charge in [-0.05, 0) is 30.5 Å². The molecule has 1 saturated carbocycles.